The van der Waals surface area contributed by atoms with E-state index in [2.05, 4.69) is 5.32 Å². The van der Waals surface area contributed by atoms with E-state index in [9.17, 15) is 4.79 Å². The van der Waals surface area contributed by atoms with Gasteiger partial charge in [-0.05, 0) is 38.5 Å². The number of hydrogen-bond acceptors (Lipinski definition) is 4. The molecule has 1 aromatic carbocycles. The fourth-order valence-electron chi connectivity index (χ4n) is 1.72. The molecule has 0 aliphatic carbocycles. The molecule has 5 heteroatoms. The molecule has 0 saturated carbocycles. The summed E-state index contributed by atoms with van der Waals surface area (Å²) < 4.78 is 5.19. The minimum atomic E-state index is -0.509. The molecule has 5 nitrogen and oxygen atoms in total. The van der Waals surface area contributed by atoms with Crippen LogP contribution in [0.2, 0.25) is 0 Å². The van der Waals surface area contributed by atoms with Gasteiger partial charge < -0.3 is 9.57 Å². The highest BCUT2D eigenvalue weighted by Gasteiger charge is 2.21. The molecule has 0 bridgehead atoms. The third-order valence-electron chi connectivity index (χ3n) is 2.76. The summed E-state index contributed by atoms with van der Waals surface area (Å²) in [5.74, 6) is 5.13. The van der Waals surface area contributed by atoms with Gasteiger partial charge in [0.25, 0.3) is 0 Å². The molecule has 0 aromatic heterocycles. The lowest BCUT2D eigenvalue weighted by atomic mass is 9.85. The molecule has 0 spiro atoms. The Balaban J connectivity index is 2.70. The fraction of sp³-hybridized carbons (Fsp3) is 0.533. The Kier molecular flexibility index (Phi) is 5.14. The number of hydrogen-bond donors (Lipinski definition) is 2. The zero-order valence-electron chi connectivity index (χ0n) is 12.8. The molecular weight excluding hydrogens is 256 g/mol. The first kappa shape index (κ1) is 16.5. The van der Waals surface area contributed by atoms with Gasteiger partial charge in [-0.15, -0.1) is 0 Å². The maximum Gasteiger partial charge on any atom is 0.412 e. The van der Waals surface area contributed by atoms with Gasteiger partial charge in [-0.3, -0.25) is 5.32 Å². The van der Waals surface area contributed by atoms with Gasteiger partial charge in [0.05, 0.1) is 6.61 Å². The molecule has 0 fully saturated rings. The molecule has 0 aliphatic rings. The van der Waals surface area contributed by atoms with Gasteiger partial charge >= 0.3 is 6.09 Å². The molecule has 20 heavy (non-hydrogen) atoms. The third-order valence-corrected chi connectivity index (χ3v) is 2.76. The molecule has 0 unspecified atom stereocenters. The summed E-state index contributed by atoms with van der Waals surface area (Å²) in [6, 6.07) is 7.53. The van der Waals surface area contributed by atoms with Crippen molar-refractivity contribution in [2.45, 2.75) is 45.6 Å². The van der Waals surface area contributed by atoms with Crippen molar-refractivity contribution in [1.29, 1.82) is 0 Å². The molecule has 0 atom stereocenters. The Morgan fingerprint density at radius 1 is 1.15 bits per heavy atom. The van der Waals surface area contributed by atoms with Crippen LogP contribution in [-0.4, -0.2) is 18.3 Å². The van der Waals surface area contributed by atoms with E-state index in [0.717, 1.165) is 5.56 Å². The smallest absolute Gasteiger partial charge is 0.412 e. The summed E-state index contributed by atoms with van der Waals surface area (Å²) in [5, 5.41) is 2.69. The second-order valence-electron chi connectivity index (χ2n) is 6.40. The number of benzene rings is 1. The molecule has 1 amide bonds. The molecule has 3 N–H and O–H groups in total. The number of nitrogens with two attached hydrogens (primary N) is 1. The van der Waals surface area contributed by atoms with Gasteiger partial charge in [0.1, 0.15) is 5.60 Å². The number of carbonyl (C=O) groups excluding carboxylic acids is 1. The van der Waals surface area contributed by atoms with Crippen molar-refractivity contribution in [3.63, 3.8) is 0 Å². The Bertz CT molecular complexity index is 447. The van der Waals surface area contributed by atoms with Crippen molar-refractivity contribution in [3.05, 3.63) is 29.8 Å². The minimum Gasteiger partial charge on any atom is -0.444 e. The van der Waals surface area contributed by atoms with Crippen molar-refractivity contribution in [2.75, 3.05) is 11.9 Å². The van der Waals surface area contributed by atoms with E-state index in [1.807, 2.05) is 58.9 Å². The van der Waals surface area contributed by atoms with Crippen LogP contribution in [0.3, 0.4) is 0 Å². The number of anilines is 1. The Morgan fingerprint density at radius 2 is 1.70 bits per heavy atom. The van der Waals surface area contributed by atoms with Gasteiger partial charge in [-0.1, -0.05) is 26.0 Å². The number of rotatable bonds is 4. The minimum absolute atomic E-state index is 0.181. The van der Waals surface area contributed by atoms with E-state index in [0.29, 0.717) is 12.3 Å². The number of amides is 1. The van der Waals surface area contributed by atoms with Gasteiger partial charge in [-0.25, -0.2) is 10.7 Å². The second kappa shape index (κ2) is 6.24. The van der Waals surface area contributed by atoms with Crippen LogP contribution in [0.5, 0.6) is 0 Å². The van der Waals surface area contributed by atoms with E-state index in [1.54, 1.807) is 0 Å². The second-order valence-corrected chi connectivity index (χ2v) is 6.40. The third kappa shape index (κ3) is 5.19. The zero-order chi connectivity index (χ0) is 15.4. The number of nitrogens with one attached hydrogen (secondary N) is 1. The molecule has 112 valence electrons. The standard InChI is InChI=1S/C15H24N2O3/c1-14(2,3)20-13(18)17-12-8-6-11(7-9-12)15(4,5)10-19-16/h6-9H,10,16H2,1-5H3,(H,17,18). The van der Waals surface area contributed by atoms with Gasteiger partial charge in [-0.2, -0.15) is 0 Å². The summed E-state index contributed by atoms with van der Waals surface area (Å²) in [5.41, 5.74) is 1.08. The lowest BCUT2D eigenvalue weighted by Crippen LogP contribution is -2.27. The maximum absolute atomic E-state index is 11.6. The van der Waals surface area contributed by atoms with Crippen LogP contribution in [0.1, 0.15) is 40.2 Å². The summed E-state index contributed by atoms with van der Waals surface area (Å²) in [6.45, 7) is 9.97. The van der Waals surface area contributed by atoms with Gasteiger partial charge in [0.15, 0.2) is 0 Å². The van der Waals surface area contributed by atoms with Crippen LogP contribution < -0.4 is 11.2 Å². The predicted molar refractivity (Wildman–Crippen MR) is 79.5 cm³/mol. The van der Waals surface area contributed by atoms with Crippen molar-refractivity contribution >= 4 is 11.8 Å². The van der Waals surface area contributed by atoms with Crippen molar-refractivity contribution in [2.24, 2.45) is 5.90 Å². The van der Waals surface area contributed by atoms with Crippen LogP contribution in [0, 0.1) is 0 Å². The van der Waals surface area contributed by atoms with Crippen LogP contribution in [-0.2, 0) is 15.0 Å². The van der Waals surface area contributed by atoms with E-state index < -0.39 is 11.7 Å². The first-order valence-electron chi connectivity index (χ1n) is 6.56. The summed E-state index contributed by atoms with van der Waals surface area (Å²) in [7, 11) is 0. The molecule has 0 heterocycles. The first-order chi connectivity index (χ1) is 9.14. The largest absolute Gasteiger partial charge is 0.444 e. The van der Waals surface area contributed by atoms with Crippen LogP contribution in [0.15, 0.2) is 24.3 Å². The number of ether oxygens (including phenoxy) is 1. The maximum atomic E-state index is 11.6. The SMILES string of the molecule is CC(C)(C)OC(=O)Nc1ccc(C(C)(C)CON)cc1. The van der Waals surface area contributed by atoms with Crippen molar-refractivity contribution < 1.29 is 14.4 Å². The summed E-state index contributed by atoms with van der Waals surface area (Å²) in [6.07, 6.45) is -0.463. The lowest BCUT2D eigenvalue weighted by molar-refractivity contribution is 0.0636. The average molecular weight is 280 g/mol. The molecule has 0 saturated heterocycles. The van der Waals surface area contributed by atoms with Gasteiger partial charge in [0.2, 0.25) is 0 Å². The highest BCUT2D eigenvalue weighted by atomic mass is 16.6. The van der Waals surface area contributed by atoms with Crippen molar-refractivity contribution in [3.8, 4) is 0 Å². The predicted octanol–water partition coefficient (Wildman–Crippen LogP) is 3.20. The van der Waals surface area contributed by atoms with E-state index in [1.165, 1.54) is 0 Å². The molecule has 0 aliphatic heterocycles. The van der Waals surface area contributed by atoms with Crippen molar-refractivity contribution in [1.82, 2.24) is 0 Å². The first-order valence-corrected chi connectivity index (χ1v) is 6.56. The van der Waals surface area contributed by atoms with Gasteiger partial charge in [0, 0.05) is 11.1 Å². The van der Waals surface area contributed by atoms with E-state index >= 15 is 0 Å². The lowest BCUT2D eigenvalue weighted by Gasteiger charge is -2.24. The topological polar surface area (TPSA) is 73.6 Å². The average Bonchev–Trinajstić information content (AvgIpc) is 2.26. The fourth-order valence-corrected chi connectivity index (χ4v) is 1.72. The zero-order valence-corrected chi connectivity index (χ0v) is 12.8. The quantitative estimate of drug-likeness (QED) is 0.831. The Hall–Kier alpha value is -1.59. The number of carbonyl (C=O) groups is 1. The molecular formula is C15H24N2O3. The summed E-state index contributed by atoms with van der Waals surface area (Å²) >= 11 is 0. The van der Waals surface area contributed by atoms with E-state index in [4.69, 9.17) is 15.5 Å². The highest BCUT2D eigenvalue weighted by Crippen LogP contribution is 2.24. The molecule has 0 radical (unpaired) electrons. The summed E-state index contributed by atoms with van der Waals surface area (Å²) in [4.78, 5) is 16.4. The normalized spacial score (nSPS) is 12.1. The van der Waals surface area contributed by atoms with Crippen LogP contribution >= 0.6 is 0 Å². The Morgan fingerprint density at radius 3 is 2.15 bits per heavy atom. The van der Waals surface area contributed by atoms with Crippen LogP contribution in [0.25, 0.3) is 0 Å². The molecule has 1 rings (SSSR count). The molecule has 1 aromatic rings. The monoisotopic (exact) mass is 280 g/mol. The Labute approximate surface area is 120 Å². The van der Waals surface area contributed by atoms with E-state index in [-0.39, 0.29) is 5.41 Å². The highest BCUT2D eigenvalue weighted by molar-refractivity contribution is 5.84. The van der Waals surface area contributed by atoms with Crippen LogP contribution in [0.4, 0.5) is 10.5 Å².